The van der Waals surface area contributed by atoms with Crippen LogP contribution in [0.3, 0.4) is 0 Å². The molecule has 3 heterocycles. The summed E-state index contributed by atoms with van der Waals surface area (Å²) in [6.45, 7) is 2.54. The smallest absolute Gasteiger partial charge is 0.433 e. The average Bonchev–Trinajstić information content (AvgIpc) is 3.40. The number of amides is 1. The second kappa shape index (κ2) is 8.29. The molecule has 0 aliphatic rings. The number of aromatic nitrogens is 2. The van der Waals surface area contributed by atoms with Crippen molar-refractivity contribution in [2.45, 2.75) is 13.5 Å². The lowest BCUT2D eigenvalue weighted by Gasteiger charge is -2.18. The van der Waals surface area contributed by atoms with Crippen molar-refractivity contribution in [2.24, 2.45) is 0 Å². The van der Waals surface area contributed by atoms with Crippen molar-refractivity contribution in [3.63, 3.8) is 0 Å². The number of pyridine rings is 1. The lowest BCUT2D eigenvalue weighted by molar-refractivity contribution is -0.402. The zero-order chi connectivity index (χ0) is 21.1. The minimum atomic E-state index is -0.686. The molecule has 3 aromatic heterocycles. The number of para-hydroxylation sites is 1. The maximum atomic E-state index is 13.2. The summed E-state index contributed by atoms with van der Waals surface area (Å²) in [7, 11) is 0. The highest BCUT2D eigenvalue weighted by molar-refractivity contribution is 7.22. The molecule has 0 aliphatic carbocycles. The summed E-state index contributed by atoms with van der Waals surface area (Å²) >= 11 is 1.32. The number of rotatable bonds is 7. The van der Waals surface area contributed by atoms with Crippen LogP contribution in [0.4, 0.5) is 11.0 Å². The molecule has 0 atom stereocenters. The third kappa shape index (κ3) is 3.85. The van der Waals surface area contributed by atoms with Crippen LogP contribution in [0, 0.1) is 10.1 Å². The summed E-state index contributed by atoms with van der Waals surface area (Å²) in [4.78, 5) is 33.6. The second-order valence-electron chi connectivity index (χ2n) is 6.18. The van der Waals surface area contributed by atoms with Crippen molar-refractivity contribution in [2.75, 3.05) is 11.5 Å². The number of fused-ring (bicyclic) bond motifs is 1. The molecule has 0 N–H and O–H groups in total. The summed E-state index contributed by atoms with van der Waals surface area (Å²) in [6, 6.07) is 11.6. The van der Waals surface area contributed by atoms with Crippen molar-refractivity contribution in [3.05, 3.63) is 76.3 Å². The fourth-order valence-electron chi connectivity index (χ4n) is 2.87. The Morgan fingerprint density at radius 2 is 2.13 bits per heavy atom. The number of carbonyl (C=O) groups is 1. The molecule has 0 unspecified atom stereocenters. The van der Waals surface area contributed by atoms with Gasteiger partial charge in [0.1, 0.15) is 16.2 Å². The van der Waals surface area contributed by atoms with E-state index in [4.69, 9.17) is 9.15 Å². The summed E-state index contributed by atoms with van der Waals surface area (Å²) in [5, 5.41) is 11.4. The lowest BCUT2D eigenvalue weighted by atomic mass is 10.2. The van der Waals surface area contributed by atoms with Crippen LogP contribution in [-0.2, 0) is 6.54 Å². The van der Waals surface area contributed by atoms with Crippen LogP contribution < -0.4 is 9.64 Å². The van der Waals surface area contributed by atoms with E-state index in [9.17, 15) is 14.9 Å². The molecule has 0 saturated carbocycles. The molecule has 9 nitrogen and oxygen atoms in total. The van der Waals surface area contributed by atoms with Crippen molar-refractivity contribution >= 4 is 38.5 Å². The number of ether oxygens (including phenoxy) is 1. The highest BCUT2D eigenvalue weighted by atomic mass is 32.1. The monoisotopic (exact) mass is 424 g/mol. The maximum absolute atomic E-state index is 13.2. The van der Waals surface area contributed by atoms with Crippen LogP contribution >= 0.6 is 11.3 Å². The third-order valence-electron chi connectivity index (χ3n) is 4.19. The zero-order valence-electron chi connectivity index (χ0n) is 15.8. The molecular formula is C20H16N4O5S. The summed E-state index contributed by atoms with van der Waals surface area (Å²) < 4.78 is 11.6. The number of hydrogen-bond donors (Lipinski definition) is 0. The van der Waals surface area contributed by atoms with Crippen molar-refractivity contribution in [1.82, 2.24) is 9.97 Å². The second-order valence-corrected chi connectivity index (χ2v) is 7.19. The Morgan fingerprint density at radius 1 is 1.27 bits per heavy atom. The van der Waals surface area contributed by atoms with Gasteiger partial charge in [0.15, 0.2) is 10.9 Å². The minimum absolute atomic E-state index is 0.144. The topological polar surface area (TPSA) is 112 Å². The van der Waals surface area contributed by atoms with Crippen LogP contribution in [0.5, 0.6) is 5.75 Å². The summed E-state index contributed by atoms with van der Waals surface area (Å²) in [5.74, 6) is -0.554. The Labute approximate surface area is 174 Å². The number of benzene rings is 1. The van der Waals surface area contributed by atoms with Crippen LogP contribution in [0.15, 0.2) is 59.3 Å². The van der Waals surface area contributed by atoms with Crippen molar-refractivity contribution in [1.29, 1.82) is 0 Å². The molecular weight excluding hydrogens is 408 g/mol. The molecule has 1 aromatic carbocycles. The van der Waals surface area contributed by atoms with Gasteiger partial charge in [-0.25, -0.2) is 4.98 Å². The number of nitro groups is 1. The predicted molar refractivity (Wildman–Crippen MR) is 111 cm³/mol. The van der Waals surface area contributed by atoms with Crippen molar-refractivity contribution in [3.8, 4) is 5.75 Å². The Bertz CT molecular complexity index is 1200. The SMILES string of the molecule is CCOc1cccc2sc(N(Cc3cccnc3)C(=O)c3ccc([N+](=O)[O-])o3)nc12. The van der Waals surface area contributed by atoms with Gasteiger partial charge >= 0.3 is 5.88 Å². The summed E-state index contributed by atoms with van der Waals surface area (Å²) in [6.07, 6.45) is 3.28. The Balaban J connectivity index is 1.76. The van der Waals surface area contributed by atoms with Crippen molar-refractivity contribution < 1.29 is 18.9 Å². The Kier molecular flexibility index (Phi) is 5.40. The lowest BCUT2D eigenvalue weighted by Crippen LogP contribution is -2.30. The number of hydrogen-bond acceptors (Lipinski definition) is 8. The molecule has 0 aliphatic heterocycles. The number of furan rings is 1. The van der Waals surface area contributed by atoms with Gasteiger partial charge in [-0.15, -0.1) is 0 Å². The van der Waals surface area contributed by atoms with Crippen LogP contribution in [0.25, 0.3) is 10.2 Å². The van der Waals surface area contributed by atoms with Gasteiger partial charge in [0.2, 0.25) is 0 Å². The molecule has 4 aromatic rings. The predicted octanol–water partition coefficient (Wildman–Crippen LogP) is 4.44. The fourth-order valence-corrected chi connectivity index (χ4v) is 3.85. The molecule has 10 heteroatoms. The maximum Gasteiger partial charge on any atom is 0.433 e. The first-order valence-electron chi connectivity index (χ1n) is 9.04. The first-order chi connectivity index (χ1) is 14.6. The molecule has 30 heavy (non-hydrogen) atoms. The zero-order valence-corrected chi connectivity index (χ0v) is 16.7. The molecule has 1 amide bonds. The fraction of sp³-hybridized carbons (Fsp3) is 0.150. The highest BCUT2D eigenvalue weighted by Crippen LogP contribution is 2.35. The van der Waals surface area contributed by atoms with Gasteiger partial charge in [-0.1, -0.05) is 23.5 Å². The normalized spacial score (nSPS) is 10.8. The molecule has 0 fully saturated rings. The molecule has 0 bridgehead atoms. The Hall–Kier alpha value is -3.79. The highest BCUT2D eigenvalue weighted by Gasteiger charge is 2.27. The van der Waals surface area contributed by atoms with E-state index in [0.29, 0.717) is 23.0 Å². The molecule has 0 spiro atoms. The molecule has 4 rings (SSSR count). The van der Waals surface area contributed by atoms with E-state index in [1.807, 2.05) is 31.2 Å². The van der Waals surface area contributed by atoms with Crippen LogP contribution in [0.2, 0.25) is 0 Å². The van der Waals surface area contributed by atoms with Crippen LogP contribution in [0.1, 0.15) is 23.0 Å². The van der Waals surface area contributed by atoms with E-state index in [1.165, 1.54) is 22.3 Å². The number of nitrogens with zero attached hydrogens (tertiary/aromatic N) is 4. The van der Waals surface area contributed by atoms with Gasteiger partial charge in [-0.2, -0.15) is 0 Å². The van der Waals surface area contributed by atoms with E-state index in [2.05, 4.69) is 9.97 Å². The molecule has 0 radical (unpaired) electrons. The largest absolute Gasteiger partial charge is 0.492 e. The summed E-state index contributed by atoms with van der Waals surface area (Å²) in [5.41, 5.74) is 1.42. The standard InChI is InChI=1S/C20H16N4O5S/c1-2-28-14-6-3-7-16-18(14)22-20(30-16)23(12-13-5-4-10-21-11-13)19(25)15-8-9-17(29-15)24(26)27/h3-11H,2,12H2,1H3. The van der Waals surface area contributed by atoms with E-state index in [0.717, 1.165) is 16.3 Å². The van der Waals surface area contributed by atoms with Gasteiger partial charge < -0.3 is 9.15 Å². The van der Waals surface area contributed by atoms with E-state index in [1.54, 1.807) is 18.5 Å². The minimum Gasteiger partial charge on any atom is -0.492 e. The van der Waals surface area contributed by atoms with Gasteiger partial charge in [0.05, 0.1) is 23.9 Å². The van der Waals surface area contributed by atoms with Gasteiger partial charge in [-0.3, -0.25) is 24.8 Å². The van der Waals surface area contributed by atoms with Gasteiger partial charge in [0, 0.05) is 12.4 Å². The first kappa shape index (κ1) is 19.5. The molecule has 152 valence electrons. The quantitative estimate of drug-likeness (QED) is 0.318. The first-order valence-corrected chi connectivity index (χ1v) is 9.86. The van der Waals surface area contributed by atoms with E-state index >= 15 is 0 Å². The Morgan fingerprint density at radius 3 is 2.83 bits per heavy atom. The molecule has 0 saturated heterocycles. The van der Waals surface area contributed by atoms with Crippen LogP contribution in [-0.4, -0.2) is 27.4 Å². The third-order valence-corrected chi connectivity index (χ3v) is 5.24. The number of thiazole rings is 1. The van der Waals surface area contributed by atoms with Gasteiger partial charge in [0.25, 0.3) is 5.91 Å². The van der Waals surface area contributed by atoms with E-state index in [-0.39, 0.29) is 12.3 Å². The van der Waals surface area contributed by atoms with E-state index < -0.39 is 16.7 Å². The number of carbonyl (C=O) groups excluding carboxylic acids is 1. The van der Waals surface area contributed by atoms with Gasteiger partial charge in [-0.05, 0) is 36.8 Å². The number of anilines is 1. The average molecular weight is 424 g/mol.